The maximum Gasteiger partial charge on any atom is 0.266 e. The highest BCUT2D eigenvalue weighted by Gasteiger charge is 2.22. The van der Waals surface area contributed by atoms with Crippen molar-refractivity contribution in [1.29, 1.82) is 0 Å². The van der Waals surface area contributed by atoms with Gasteiger partial charge in [0.1, 0.15) is 23.6 Å². The summed E-state index contributed by atoms with van der Waals surface area (Å²) in [6.07, 6.45) is -1.22. The molecular weight excluding hydrogens is 419 g/mol. The summed E-state index contributed by atoms with van der Waals surface area (Å²) in [5, 5.41) is 6.90. The summed E-state index contributed by atoms with van der Waals surface area (Å²) < 4.78 is 46.4. The Morgan fingerprint density at radius 2 is 1.93 bits per heavy atom. The molecule has 0 unspecified atom stereocenters. The number of anilines is 1. The Kier molecular flexibility index (Phi) is 6.62. The largest absolute Gasteiger partial charge is 0.472 e. The van der Waals surface area contributed by atoms with E-state index in [9.17, 15) is 13.2 Å². The maximum atomic E-state index is 14.5. The van der Waals surface area contributed by atoms with Crippen LogP contribution in [-0.2, 0) is 0 Å². The van der Waals surface area contributed by atoms with Gasteiger partial charge in [-0.05, 0) is 13.8 Å². The van der Waals surface area contributed by atoms with Crippen molar-refractivity contribution in [2.45, 2.75) is 32.4 Å². The molecule has 0 radical (unpaired) electrons. The molecule has 3 heterocycles. The molecule has 3 aromatic rings. The second-order valence-corrected chi connectivity index (χ2v) is 6.97. The Bertz CT molecular complexity index is 1050. The van der Waals surface area contributed by atoms with E-state index in [-0.39, 0.29) is 24.1 Å². The van der Waals surface area contributed by atoms with Crippen LogP contribution < -0.4 is 15.4 Å². The van der Waals surface area contributed by atoms with E-state index < -0.39 is 23.8 Å². The van der Waals surface area contributed by atoms with Gasteiger partial charge in [0.2, 0.25) is 5.88 Å². The highest BCUT2D eigenvalue weighted by molar-refractivity contribution is 5.89. The topological polar surface area (TPSA) is 72.0 Å². The van der Waals surface area contributed by atoms with Crippen LogP contribution in [0.25, 0.3) is 10.9 Å². The molecule has 6 nitrogen and oxygen atoms in total. The monoisotopic (exact) mass is 439 g/mol. The molecule has 0 saturated carbocycles. The minimum Gasteiger partial charge on any atom is -0.472 e. The molecule has 1 aliphatic rings. The first-order valence-corrected chi connectivity index (χ1v) is 9.27. The molecule has 1 atom stereocenters. The lowest BCUT2D eigenvalue weighted by molar-refractivity contribution is 0.136. The third kappa shape index (κ3) is 4.41. The van der Waals surface area contributed by atoms with E-state index in [1.165, 1.54) is 12.1 Å². The van der Waals surface area contributed by atoms with Gasteiger partial charge in [-0.2, -0.15) is 0 Å². The van der Waals surface area contributed by atoms with Crippen LogP contribution in [-0.4, -0.2) is 34.1 Å². The number of halogens is 4. The summed E-state index contributed by atoms with van der Waals surface area (Å²) in [5.74, 6) is 0.493. The van der Waals surface area contributed by atoms with Crippen LogP contribution in [0.2, 0.25) is 0 Å². The van der Waals surface area contributed by atoms with Gasteiger partial charge in [-0.15, -0.1) is 12.4 Å². The molecule has 10 heteroatoms. The van der Waals surface area contributed by atoms with Crippen molar-refractivity contribution in [3.05, 3.63) is 53.2 Å². The fourth-order valence-electron chi connectivity index (χ4n) is 3.17. The molecular formula is C20H21ClF3N5O. The number of hydrogen-bond donors (Lipinski definition) is 2. The van der Waals surface area contributed by atoms with Crippen LogP contribution in [0, 0.1) is 12.7 Å². The molecule has 0 bridgehead atoms. The number of nitrogens with one attached hydrogen (secondary N) is 2. The lowest BCUT2D eigenvalue weighted by Crippen LogP contribution is -2.50. The van der Waals surface area contributed by atoms with Gasteiger partial charge < -0.3 is 15.4 Å². The molecule has 1 aliphatic heterocycles. The fourth-order valence-corrected chi connectivity index (χ4v) is 3.17. The number of benzene rings is 1. The Labute approximate surface area is 177 Å². The molecule has 1 aromatic carbocycles. The van der Waals surface area contributed by atoms with Crippen LogP contribution in [0.5, 0.6) is 5.88 Å². The molecule has 4 rings (SSSR count). The fraction of sp³-hybridized carbons (Fsp3) is 0.350. The van der Waals surface area contributed by atoms with Gasteiger partial charge in [-0.3, -0.25) is 0 Å². The number of fused-ring (bicyclic) bond motifs is 1. The number of nitrogens with zero attached hydrogens (tertiary/aromatic N) is 3. The van der Waals surface area contributed by atoms with Gasteiger partial charge in [-0.25, -0.2) is 28.1 Å². The van der Waals surface area contributed by atoms with Crippen molar-refractivity contribution < 1.29 is 17.9 Å². The number of hydrogen-bond acceptors (Lipinski definition) is 6. The van der Waals surface area contributed by atoms with E-state index in [1.54, 1.807) is 26.1 Å². The molecule has 2 N–H and O–H groups in total. The first kappa shape index (κ1) is 22.0. The van der Waals surface area contributed by atoms with Crippen LogP contribution >= 0.6 is 12.4 Å². The van der Waals surface area contributed by atoms with Crippen LogP contribution in [0.1, 0.15) is 36.3 Å². The Hall–Kier alpha value is -2.65. The third-order valence-electron chi connectivity index (χ3n) is 4.81. The van der Waals surface area contributed by atoms with Gasteiger partial charge in [0.25, 0.3) is 6.43 Å². The summed E-state index contributed by atoms with van der Waals surface area (Å²) in [5.41, 5.74) is 0.125. The van der Waals surface area contributed by atoms with Crippen LogP contribution in [0.3, 0.4) is 0 Å². The van der Waals surface area contributed by atoms with E-state index in [2.05, 4.69) is 25.6 Å². The Morgan fingerprint density at radius 3 is 2.60 bits per heavy atom. The van der Waals surface area contributed by atoms with Gasteiger partial charge >= 0.3 is 0 Å². The molecule has 2 aromatic heterocycles. The lowest BCUT2D eigenvalue weighted by atomic mass is 10.0. The van der Waals surface area contributed by atoms with Gasteiger partial charge in [0.15, 0.2) is 0 Å². The summed E-state index contributed by atoms with van der Waals surface area (Å²) in [4.78, 5) is 13.1. The molecule has 1 saturated heterocycles. The SMILES string of the molecule is Cc1nc(N[C@H](C)c2cccc(C(F)F)c2F)c2cc(OC3CNC3)ncc2n1.Cl. The number of pyridine rings is 1. The zero-order chi connectivity index (χ0) is 20.5. The zero-order valence-electron chi connectivity index (χ0n) is 16.3. The summed E-state index contributed by atoms with van der Waals surface area (Å²) in [6.45, 7) is 4.94. The zero-order valence-corrected chi connectivity index (χ0v) is 17.1. The van der Waals surface area contributed by atoms with Gasteiger partial charge in [-0.1, -0.05) is 18.2 Å². The quantitative estimate of drug-likeness (QED) is 0.594. The lowest BCUT2D eigenvalue weighted by Gasteiger charge is -2.27. The number of rotatable bonds is 6. The van der Waals surface area contributed by atoms with Gasteiger partial charge in [0.05, 0.1) is 23.3 Å². The van der Waals surface area contributed by atoms with E-state index in [0.717, 1.165) is 19.2 Å². The highest BCUT2D eigenvalue weighted by atomic mass is 35.5. The standard InChI is InChI=1S/C20H20F3N5O.ClH/c1-10(13-4-3-5-14(18(13)21)19(22)23)26-20-15-6-17(29-12-7-24-8-12)25-9-16(15)27-11(2)28-20;/h3-6,9-10,12,19,24H,7-8H2,1-2H3,(H,26,27,28);1H/t10-;/m1./s1. The highest BCUT2D eigenvalue weighted by Crippen LogP contribution is 2.31. The average molecular weight is 440 g/mol. The first-order valence-electron chi connectivity index (χ1n) is 9.27. The third-order valence-corrected chi connectivity index (χ3v) is 4.81. The number of alkyl halides is 2. The van der Waals surface area contributed by atoms with Crippen molar-refractivity contribution in [3.63, 3.8) is 0 Å². The predicted octanol–water partition coefficient (Wildman–Crippen LogP) is 4.36. The Morgan fingerprint density at radius 1 is 1.20 bits per heavy atom. The van der Waals surface area contributed by atoms with Gasteiger partial charge in [0, 0.05) is 30.1 Å². The average Bonchev–Trinajstić information content (AvgIpc) is 2.64. The van der Waals surface area contributed by atoms with Crippen molar-refractivity contribution in [3.8, 4) is 5.88 Å². The van der Waals surface area contributed by atoms with Crippen molar-refractivity contribution in [1.82, 2.24) is 20.3 Å². The predicted molar refractivity (Wildman–Crippen MR) is 110 cm³/mol. The first-order chi connectivity index (χ1) is 13.9. The summed E-state index contributed by atoms with van der Waals surface area (Å²) >= 11 is 0. The van der Waals surface area contributed by atoms with E-state index in [1.807, 2.05) is 0 Å². The minimum absolute atomic E-state index is 0. The van der Waals surface area contributed by atoms with Crippen molar-refractivity contribution in [2.24, 2.45) is 0 Å². The molecule has 160 valence electrons. The van der Waals surface area contributed by atoms with E-state index in [4.69, 9.17) is 4.74 Å². The summed E-state index contributed by atoms with van der Waals surface area (Å²) in [7, 11) is 0. The number of aryl methyl sites for hydroxylation is 1. The second-order valence-electron chi connectivity index (χ2n) is 6.97. The van der Waals surface area contributed by atoms with E-state index in [0.29, 0.717) is 28.4 Å². The molecule has 1 fully saturated rings. The molecule has 30 heavy (non-hydrogen) atoms. The second kappa shape index (κ2) is 9.01. The maximum absolute atomic E-state index is 14.5. The van der Waals surface area contributed by atoms with Crippen LogP contribution in [0.15, 0.2) is 30.5 Å². The normalized spacial score (nSPS) is 14.9. The van der Waals surface area contributed by atoms with Crippen molar-refractivity contribution in [2.75, 3.05) is 18.4 Å². The smallest absolute Gasteiger partial charge is 0.266 e. The minimum atomic E-state index is -2.88. The number of ether oxygens (including phenoxy) is 1. The van der Waals surface area contributed by atoms with E-state index >= 15 is 0 Å². The Balaban J connectivity index is 0.00000256. The van der Waals surface area contributed by atoms with Crippen LogP contribution in [0.4, 0.5) is 19.0 Å². The number of aromatic nitrogens is 3. The van der Waals surface area contributed by atoms with Crippen molar-refractivity contribution >= 4 is 29.1 Å². The molecule has 0 spiro atoms. The summed E-state index contributed by atoms with van der Waals surface area (Å²) in [6, 6.07) is 5.12. The molecule has 0 amide bonds. The molecule has 0 aliphatic carbocycles.